The van der Waals surface area contributed by atoms with Crippen LogP contribution in [0.25, 0.3) is 11.3 Å². The molecule has 0 radical (unpaired) electrons. The van der Waals surface area contributed by atoms with Gasteiger partial charge in [-0.2, -0.15) is 0 Å². The number of rotatable bonds is 3. The number of anilines is 2. The quantitative estimate of drug-likeness (QED) is 0.696. The summed E-state index contributed by atoms with van der Waals surface area (Å²) in [6.45, 7) is 1.47. The van der Waals surface area contributed by atoms with Crippen LogP contribution in [0.1, 0.15) is 17.2 Å². The number of carbonyl (C=O) groups excluding carboxylic acids is 1. The number of nitrogens with one attached hydrogen (secondary N) is 1. The molecular weight excluding hydrogens is 401 g/mol. The van der Waals surface area contributed by atoms with Crippen LogP contribution in [0.5, 0.6) is 0 Å². The number of nitrogens with zero attached hydrogens (tertiary/aromatic N) is 4. The summed E-state index contributed by atoms with van der Waals surface area (Å²) in [6, 6.07) is 8.64. The number of ether oxygens (including phenoxy) is 1. The highest BCUT2D eigenvalue weighted by molar-refractivity contribution is 5.99. The van der Waals surface area contributed by atoms with Gasteiger partial charge in [0.25, 0.3) is 5.56 Å². The Labute approximate surface area is 177 Å². The Morgan fingerprint density at radius 1 is 1.23 bits per heavy atom. The van der Waals surface area contributed by atoms with Gasteiger partial charge in [0.2, 0.25) is 11.9 Å². The van der Waals surface area contributed by atoms with Crippen LogP contribution in [0.15, 0.2) is 47.5 Å². The first kappa shape index (κ1) is 19.4. The molecule has 9 heteroatoms. The molecule has 1 unspecified atom stereocenters. The molecule has 0 saturated carbocycles. The van der Waals surface area contributed by atoms with Crippen LogP contribution in [0, 0.1) is 5.82 Å². The molecule has 0 spiro atoms. The summed E-state index contributed by atoms with van der Waals surface area (Å²) in [6.07, 6.45) is 2.69. The lowest BCUT2D eigenvalue weighted by molar-refractivity contribution is -0.115. The third-order valence-electron chi connectivity index (χ3n) is 5.64. The third kappa shape index (κ3) is 3.57. The number of hydrogen-bond donors (Lipinski definition) is 1. The van der Waals surface area contributed by atoms with Gasteiger partial charge < -0.3 is 15.0 Å². The highest BCUT2D eigenvalue weighted by atomic mass is 19.1. The standard InChI is InChI=1S/C22H20FN5O3/c1-27-21(30)10-18(15-4-5-24-11-16(15)23)26-22(27)28-6-7-31-19(12-28)13-2-3-17-14(8-13)9-20(29)25-17/h2-5,8,10-11,19H,6-7,9,12H2,1H3,(H,25,29). The van der Waals surface area contributed by atoms with E-state index >= 15 is 0 Å². The van der Waals surface area contributed by atoms with E-state index in [1.807, 2.05) is 23.1 Å². The molecule has 158 valence electrons. The van der Waals surface area contributed by atoms with E-state index in [1.165, 1.54) is 22.9 Å². The fraction of sp³-hybridized carbons (Fsp3) is 0.273. The van der Waals surface area contributed by atoms with Crippen LogP contribution in [0.3, 0.4) is 0 Å². The lowest BCUT2D eigenvalue weighted by Gasteiger charge is -2.34. The van der Waals surface area contributed by atoms with Crippen LogP contribution >= 0.6 is 0 Å². The topological polar surface area (TPSA) is 89.3 Å². The number of hydrogen-bond acceptors (Lipinski definition) is 6. The molecule has 5 rings (SSSR count). The van der Waals surface area contributed by atoms with Crippen LogP contribution in [-0.2, 0) is 23.0 Å². The largest absolute Gasteiger partial charge is 0.370 e. The zero-order valence-electron chi connectivity index (χ0n) is 16.8. The number of aromatic nitrogens is 3. The summed E-state index contributed by atoms with van der Waals surface area (Å²) in [5.74, 6) is -0.0990. The average molecular weight is 421 g/mol. The van der Waals surface area contributed by atoms with Gasteiger partial charge in [-0.1, -0.05) is 12.1 Å². The van der Waals surface area contributed by atoms with Gasteiger partial charge in [-0.15, -0.1) is 0 Å². The van der Waals surface area contributed by atoms with E-state index in [4.69, 9.17) is 4.74 Å². The second-order valence-electron chi connectivity index (χ2n) is 7.64. The van der Waals surface area contributed by atoms with Crippen molar-refractivity contribution >= 4 is 17.5 Å². The zero-order valence-corrected chi connectivity index (χ0v) is 16.8. The van der Waals surface area contributed by atoms with E-state index in [-0.39, 0.29) is 28.8 Å². The van der Waals surface area contributed by atoms with E-state index in [0.717, 1.165) is 23.0 Å². The average Bonchev–Trinajstić information content (AvgIpc) is 3.15. The van der Waals surface area contributed by atoms with Gasteiger partial charge in [-0.05, 0) is 23.3 Å². The normalized spacial score (nSPS) is 18.1. The van der Waals surface area contributed by atoms with Crippen molar-refractivity contribution < 1.29 is 13.9 Å². The van der Waals surface area contributed by atoms with E-state index in [1.54, 1.807) is 7.05 Å². The summed E-state index contributed by atoms with van der Waals surface area (Å²) in [5.41, 5.74) is 2.96. The monoisotopic (exact) mass is 421 g/mol. The van der Waals surface area contributed by atoms with Crippen LogP contribution in [0.2, 0.25) is 0 Å². The Morgan fingerprint density at radius 2 is 2.10 bits per heavy atom. The first-order chi connectivity index (χ1) is 15.0. The highest BCUT2D eigenvalue weighted by Gasteiger charge is 2.27. The molecule has 1 N–H and O–H groups in total. The maximum Gasteiger partial charge on any atom is 0.255 e. The van der Waals surface area contributed by atoms with Gasteiger partial charge in [-0.25, -0.2) is 9.37 Å². The molecule has 1 aromatic carbocycles. The first-order valence-corrected chi connectivity index (χ1v) is 9.97. The predicted octanol–water partition coefficient (Wildman–Crippen LogP) is 2.05. The molecule has 3 aromatic rings. The predicted molar refractivity (Wildman–Crippen MR) is 112 cm³/mol. The van der Waals surface area contributed by atoms with Crippen molar-refractivity contribution in [1.29, 1.82) is 0 Å². The van der Waals surface area contributed by atoms with E-state index in [9.17, 15) is 14.0 Å². The van der Waals surface area contributed by atoms with Gasteiger partial charge in [-0.3, -0.25) is 19.1 Å². The number of morpholine rings is 1. The SMILES string of the molecule is Cn1c(N2CCOC(c3ccc4c(c3)CC(=O)N4)C2)nc(-c2ccncc2F)cc1=O. The number of amides is 1. The smallest absolute Gasteiger partial charge is 0.255 e. The van der Waals surface area contributed by atoms with Crippen molar-refractivity contribution in [2.45, 2.75) is 12.5 Å². The number of carbonyl (C=O) groups is 1. The van der Waals surface area contributed by atoms with E-state index in [0.29, 0.717) is 32.1 Å². The van der Waals surface area contributed by atoms with Gasteiger partial charge >= 0.3 is 0 Å². The molecule has 1 amide bonds. The molecule has 2 aliphatic rings. The van der Waals surface area contributed by atoms with Gasteiger partial charge in [0.05, 0.1) is 31.5 Å². The summed E-state index contributed by atoms with van der Waals surface area (Å²) < 4.78 is 21.7. The summed E-state index contributed by atoms with van der Waals surface area (Å²) in [5, 5.41) is 2.83. The maximum absolute atomic E-state index is 14.2. The fourth-order valence-corrected chi connectivity index (χ4v) is 4.01. The van der Waals surface area contributed by atoms with Crippen molar-refractivity contribution in [1.82, 2.24) is 14.5 Å². The molecule has 0 aliphatic carbocycles. The molecule has 8 nitrogen and oxygen atoms in total. The number of halogens is 1. The van der Waals surface area contributed by atoms with Gasteiger partial charge in [0, 0.05) is 37.1 Å². The Kier molecular flexibility index (Phi) is 4.74. The van der Waals surface area contributed by atoms with Crippen molar-refractivity contribution in [3.63, 3.8) is 0 Å². The maximum atomic E-state index is 14.2. The third-order valence-corrected chi connectivity index (χ3v) is 5.64. The van der Waals surface area contributed by atoms with Crippen molar-refractivity contribution in [3.05, 3.63) is 70.0 Å². The van der Waals surface area contributed by atoms with Crippen LogP contribution < -0.4 is 15.8 Å². The molecular formula is C22H20FN5O3. The molecule has 1 saturated heterocycles. The Morgan fingerprint density at radius 3 is 2.94 bits per heavy atom. The molecule has 1 fully saturated rings. The minimum Gasteiger partial charge on any atom is -0.370 e. The summed E-state index contributed by atoms with van der Waals surface area (Å²) in [7, 11) is 1.65. The minimum atomic E-state index is -0.532. The second kappa shape index (κ2) is 7.59. The number of benzene rings is 1. The Hall–Kier alpha value is -3.59. The summed E-state index contributed by atoms with van der Waals surface area (Å²) >= 11 is 0. The van der Waals surface area contributed by atoms with Crippen molar-refractivity contribution in [3.8, 4) is 11.3 Å². The highest BCUT2D eigenvalue weighted by Crippen LogP contribution is 2.31. The second-order valence-corrected chi connectivity index (χ2v) is 7.64. The van der Waals surface area contributed by atoms with Gasteiger partial charge in [0.15, 0.2) is 5.82 Å². The molecule has 4 heterocycles. The molecule has 1 atom stereocenters. The van der Waals surface area contributed by atoms with Crippen LogP contribution in [0.4, 0.5) is 16.0 Å². The Bertz CT molecular complexity index is 1240. The van der Waals surface area contributed by atoms with Crippen LogP contribution in [-0.4, -0.2) is 40.1 Å². The van der Waals surface area contributed by atoms with E-state index in [2.05, 4.69) is 15.3 Å². The van der Waals surface area contributed by atoms with Crippen molar-refractivity contribution in [2.24, 2.45) is 7.05 Å². The fourth-order valence-electron chi connectivity index (χ4n) is 4.01. The minimum absolute atomic E-state index is 0.0160. The Balaban J connectivity index is 1.47. The lowest BCUT2D eigenvalue weighted by atomic mass is 10.0. The molecule has 0 bridgehead atoms. The van der Waals surface area contributed by atoms with E-state index < -0.39 is 5.82 Å². The first-order valence-electron chi connectivity index (χ1n) is 9.97. The summed E-state index contributed by atoms with van der Waals surface area (Å²) in [4.78, 5) is 34.5. The molecule has 31 heavy (non-hydrogen) atoms. The number of pyridine rings is 1. The van der Waals surface area contributed by atoms with Gasteiger partial charge in [0.1, 0.15) is 6.10 Å². The van der Waals surface area contributed by atoms with Crippen molar-refractivity contribution in [2.75, 3.05) is 29.9 Å². The zero-order chi connectivity index (χ0) is 21.5. The lowest BCUT2D eigenvalue weighted by Crippen LogP contribution is -2.41. The molecule has 2 aromatic heterocycles. The number of fused-ring (bicyclic) bond motifs is 1. The molecule has 2 aliphatic heterocycles.